The molecule has 1 aliphatic rings. The molecule has 19 heavy (non-hydrogen) atoms. The quantitative estimate of drug-likeness (QED) is 0.819. The van der Waals surface area contributed by atoms with Crippen LogP contribution in [0.4, 0.5) is 0 Å². The van der Waals surface area contributed by atoms with Crippen molar-refractivity contribution in [2.45, 2.75) is 18.9 Å². The van der Waals surface area contributed by atoms with Gasteiger partial charge in [-0.2, -0.15) is 0 Å². The molecule has 1 aromatic rings. The number of carbonyl (C=O) groups is 1. The lowest BCUT2D eigenvalue weighted by Gasteiger charge is -2.26. The number of phenolic OH excluding ortho intramolecular Hbond substituents is 1. The average molecular weight is 262 g/mol. The lowest BCUT2D eigenvalue weighted by molar-refractivity contribution is 0.0910. The van der Waals surface area contributed by atoms with E-state index in [2.05, 4.69) is 23.9 Å². The maximum atomic E-state index is 12.2. The summed E-state index contributed by atoms with van der Waals surface area (Å²) in [6.45, 7) is 2.48. The van der Waals surface area contributed by atoms with Gasteiger partial charge in [0.25, 0.3) is 0 Å². The monoisotopic (exact) mass is 262 g/mol. The fourth-order valence-electron chi connectivity index (χ4n) is 2.65. The minimum atomic E-state index is 0.130. The first-order chi connectivity index (χ1) is 9.06. The Morgan fingerprint density at radius 2 is 2.05 bits per heavy atom. The van der Waals surface area contributed by atoms with Crippen molar-refractivity contribution in [3.8, 4) is 5.75 Å². The fourth-order valence-corrected chi connectivity index (χ4v) is 2.65. The SMILES string of the molecule is CN(C)CC1CCCN1CC(=O)c1ccc(O)cc1. The normalized spacial score (nSPS) is 20.1. The zero-order valence-corrected chi connectivity index (χ0v) is 11.7. The topological polar surface area (TPSA) is 43.8 Å². The first-order valence-electron chi connectivity index (χ1n) is 6.77. The molecule has 0 amide bonds. The smallest absolute Gasteiger partial charge is 0.176 e. The minimum absolute atomic E-state index is 0.130. The van der Waals surface area contributed by atoms with E-state index in [1.54, 1.807) is 24.3 Å². The molecular weight excluding hydrogens is 240 g/mol. The van der Waals surface area contributed by atoms with Crippen molar-refractivity contribution in [3.05, 3.63) is 29.8 Å². The van der Waals surface area contributed by atoms with Crippen LogP contribution in [-0.4, -0.2) is 60.5 Å². The molecule has 4 heteroatoms. The van der Waals surface area contributed by atoms with E-state index >= 15 is 0 Å². The Hall–Kier alpha value is -1.39. The molecule has 0 spiro atoms. The molecule has 1 saturated heterocycles. The van der Waals surface area contributed by atoms with Gasteiger partial charge in [0.1, 0.15) is 5.75 Å². The van der Waals surface area contributed by atoms with Crippen molar-refractivity contribution in [2.75, 3.05) is 33.7 Å². The van der Waals surface area contributed by atoms with E-state index in [4.69, 9.17) is 0 Å². The predicted octanol–water partition coefficient (Wildman–Crippen LogP) is 1.60. The van der Waals surface area contributed by atoms with Gasteiger partial charge in [0.15, 0.2) is 5.78 Å². The third-order valence-electron chi connectivity index (χ3n) is 3.61. The van der Waals surface area contributed by atoms with Gasteiger partial charge >= 0.3 is 0 Å². The van der Waals surface area contributed by atoms with E-state index in [1.807, 2.05) is 0 Å². The molecule has 1 aromatic carbocycles. The lowest BCUT2D eigenvalue weighted by atomic mass is 10.1. The van der Waals surface area contributed by atoms with E-state index in [0.29, 0.717) is 18.2 Å². The summed E-state index contributed by atoms with van der Waals surface area (Å²) in [7, 11) is 4.14. The molecule has 4 nitrogen and oxygen atoms in total. The number of hydrogen-bond donors (Lipinski definition) is 1. The van der Waals surface area contributed by atoms with E-state index in [1.165, 1.54) is 12.8 Å². The van der Waals surface area contributed by atoms with Crippen LogP contribution in [0.5, 0.6) is 5.75 Å². The molecule has 104 valence electrons. The van der Waals surface area contributed by atoms with E-state index in [0.717, 1.165) is 13.1 Å². The summed E-state index contributed by atoms with van der Waals surface area (Å²) in [5.41, 5.74) is 0.674. The summed E-state index contributed by atoms with van der Waals surface area (Å²) in [5.74, 6) is 0.328. The molecular formula is C15H22N2O2. The number of likely N-dealkylation sites (tertiary alicyclic amines) is 1. The van der Waals surface area contributed by atoms with E-state index < -0.39 is 0 Å². The van der Waals surface area contributed by atoms with Crippen LogP contribution < -0.4 is 0 Å². The molecule has 1 atom stereocenters. The average Bonchev–Trinajstić information content (AvgIpc) is 2.76. The fraction of sp³-hybridized carbons (Fsp3) is 0.533. The van der Waals surface area contributed by atoms with Gasteiger partial charge in [-0.05, 0) is 57.7 Å². The highest BCUT2D eigenvalue weighted by Gasteiger charge is 2.26. The van der Waals surface area contributed by atoms with Crippen LogP contribution in [0.2, 0.25) is 0 Å². The number of rotatable bonds is 5. The molecule has 0 aliphatic carbocycles. The largest absolute Gasteiger partial charge is 0.508 e. The summed E-state index contributed by atoms with van der Waals surface area (Å²) in [6, 6.07) is 6.99. The van der Waals surface area contributed by atoms with Crippen LogP contribution in [-0.2, 0) is 0 Å². The maximum absolute atomic E-state index is 12.2. The van der Waals surface area contributed by atoms with Crippen molar-refractivity contribution >= 4 is 5.78 Å². The Kier molecular flexibility index (Phi) is 4.56. The third kappa shape index (κ3) is 3.78. The number of likely N-dealkylation sites (N-methyl/N-ethyl adjacent to an activating group) is 1. The maximum Gasteiger partial charge on any atom is 0.176 e. The van der Waals surface area contributed by atoms with Gasteiger partial charge in [-0.15, -0.1) is 0 Å². The summed E-state index contributed by atoms with van der Waals surface area (Å²) in [6.07, 6.45) is 2.34. The van der Waals surface area contributed by atoms with Crippen LogP contribution in [0, 0.1) is 0 Å². The van der Waals surface area contributed by atoms with Crippen LogP contribution in [0.3, 0.4) is 0 Å². The number of ketones is 1. The summed E-state index contributed by atoms with van der Waals surface area (Å²) < 4.78 is 0. The van der Waals surface area contributed by atoms with Gasteiger partial charge < -0.3 is 10.0 Å². The number of benzene rings is 1. The van der Waals surface area contributed by atoms with Crippen LogP contribution in [0.1, 0.15) is 23.2 Å². The van der Waals surface area contributed by atoms with Crippen molar-refractivity contribution in [1.82, 2.24) is 9.80 Å². The zero-order valence-electron chi connectivity index (χ0n) is 11.7. The number of hydrogen-bond acceptors (Lipinski definition) is 4. The molecule has 1 N–H and O–H groups in total. The Bertz CT molecular complexity index is 428. The number of carbonyl (C=O) groups excluding carboxylic acids is 1. The van der Waals surface area contributed by atoms with Gasteiger partial charge in [-0.3, -0.25) is 9.69 Å². The van der Waals surface area contributed by atoms with Crippen LogP contribution in [0.25, 0.3) is 0 Å². The molecule has 1 fully saturated rings. The Labute approximate surface area is 114 Å². The number of Topliss-reactive ketones (excluding diaryl/α,β-unsaturated/α-hetero) is 1. The summed E-state index contributed by atoms with van der Waals surface area (Å²) in [4.78, 5) is 16.7. The van der Waals surface area contributed by atoms with Gasteiger partial charge in [0.05, 0.1) is 6.54 Å². The second-order valence-corrected chi connectivity index (χ2v) is 5.50. The zero-order chi connectivity index (χ0) is 13.8. The van der Waals surface area contributed by atoms with Gasteiger partial charge in [0.2, 0.25) is 0 Å². The molecule has 1 aliphatic heterocycles. The third-order valence-corrected chi connectivity index (χ3v) is 3.61. The van der Waals surface area contributed by atoms with Crippen molar-refractivity contribution in [1.29, 1.82) is 0 Å². The molecule has 0 radical (unpaired) electrons. The minimum Gasteiger partial charge on any atom is -0.508 e. The van der Waals surface area contributed by atoms with E-state index in [9.17, 15) is 9.90 Å². The Morgan fingerprint density at radius 1 is 1.37 bits per heavy atom. The first-order valence-corrected chi connectivity index (χ1v) is 6.77. The van der Waals surface area contributed by atoms with Crippen molar-refractivity contribution in [2.24, 2.45) is 0 Å². The summed E-state index contributed by atoms with van der Waals surface area (Å²) >= 11 is 0. The highest BCUT2D eigenvalue weighted by Crippen LogP contribution is 2.19. The van der Waals surface area contributed by atoms with E-state index in [-0.39, 0.29) is 11.5 Å². The summed E-state index contributed by atoms with van der Waals surface area (Å²) in [5, 5.41) is 9.24. The molecule has 2 rings (SSSR count). The van der Waals surface area contributed by atoms with Gasteiger partial charge in [0, 0.05) is 18.2 Å². The van der Waals surface area contributed by atoms with Crippen molar-refractivity contribution in [3.63, 3.8) is 0 Å². The standard InChI is InChI=1S/C15H22N2O2/c1-16(2)10-13-4-3-9-17(13)11-15(19)12-5-7-14(18)8-6-12/h5-8,13,18H,3-4,9-11H2,1-2H3. The number of phenols is 1. The number of aromatic hydroxyl groups is 1. The molecule has 0 aromatic heterocycles. The molecule has 1 heterocycles. The van der Waals surface area contributed by atoms with Gasteiger partial charge in [-0.1, -0.05) is 0 Å². The molecule has 0 bridgehead atoms. The second-order valence-electron chi connectivity index (χ2n) is 5.50. The highest BCUT2D eigenvalue weighted by atomic mass is 16.3. The van der Waals surface area contributed by atoms with Crippen LogP contribution >= 0.6 is 0 Å². The molecule has 0 saturated carbocycles. The molecule has 1 unspecified atom stereocenters. The Morgan fingerprint density at radius 3 is 2.68 bits per heavy atom. The lowest BCUT2D eigenvalue weighted by Crippen LogP contribution is -2.40. The first kappa shape index (κ1) is 14.0. The van der Waals surface area contributed by atoms with Crippen molar-refractivity contribution < 1.29 is 9.90 Å². The second kappa shape index (κ2) is 6.17. The van der Waals surface area contributed by atoms with Crippen LogP contribution in [0.15, 0.2) is 24.3 Å². The highest BCUT2D eigenvalue weighted by molar-refractivity contribution is 5.97. The van der Waals surface area contributed by atoms with Gasteiger partial charge in [-0.25, -0.2) is 0 Å². The Balaban J connectivity index is 1.96. The predicted molar refractivity (Wildman–Crippen MR) is 75.6 cm³/mol. The number of nitrogens with zero attached hydrogens (tertiary/aromatic N) is 2.